The van der Waals surface area contributed by atoms with Gasteiger partial charge in [0.25, 0.3) is 0 Å². The zero-order valence-corrected chi connectivity index (χ0v) is 12.7. The molecule has 3 aliphatic rings. The monoisotopic (exact) mass is 320 g/mol. The molecule has 0 radical (unpaired) electrons. The van der Waals surface area contributed by atoms with Crippen molar-refractivity contribution in [3.05, 3.63) is 0 Å². The Morgan fingerprint density at radius 1 is 1.41 bits per heavy atom. The molecule has 124 valence electrons. The molecule has 1 saturated heterocycles. The van der Waals surface area contributed by atoms with Gasteiger partial charge < -0.3 is 9.47 Å². The van der Waals surface area contributed by atoms with Gasteiger partial charge in [0.15, 0.2) is 5.41 Å². The summed E-state index contributed by atoms with van der Waals surface area (Å²) in [5, 5.41) is 0. The molecule has 0 amide bonds. The average Bonchev–Trinajstić information content (AvgIpc) is 3.01. The minimum absolute atomic E-state index is 0.0333. The van der Waals surface area contributed by atoms with E-state index in [9.17, 15) is 22.8 Å². The highest BCUT2D eigenvalue weighted by Gasteiger charge is 2.70. The largest absolute Gasteiger partial charge is 0.458 e. The molecule has 6 unspecified atom stereocenters. The van der Waals surface area contributed by atoms with Crippen LogP contribution in [0.25, 0.3) is 0 Å². The van der Waals surface area contributed by atoms with Crippen LogP contribution in [0.2, 0.25) is 0 Å². The molecule has 1 aliphatic heterocycles. The molecule has 2 saturated carbocycles. The van der Waals surface area contributed by atoms with Crippen molar-refractivity contribution in [1.29, 1.82) is 0 Å². The predicted molar refractivity (Wildman–Crippen MR) is 68.5 cm³/mol. The van der Waals surface area contributed by atoms with E-state index in [1.54, 1.807) is 6.92 Å². The zero-order valence-electron chi connectivity index (χ0n) is 12.7. The van der Waals surface area contributed by atoms with Crippen LogP contribution in [0.3, 0.4) is 0 Å². The lowest BCUT2D eigenvalue weighted by molar-refractivity contribution is -0.243. The Labute approximate surface area is 126 Å². The molecule has 0 spiro atoms. The van der Waals surface area contributed by atoms with Crippen molar-refractivity contribution in [3.63, 3.8) is 0 Å². The van der Waals surface area contributed by atoms with Gasteiger partial charge >= 0.3 is 18.1 Å². The number of fused-ring (bicyclic) bond motifs is 1. The van der Waals surface area contributed by atoms with Crippen LogP contribution in [-0.4, -0.2) is 29.8 Å². The molecule has 1 heterocycles. The van der Waals surface area contributed by atoms with E-state index >= 15 is 0 Å². The molecule has 4 nitrogen and oxygen atoms in total. The van der Waals surface area contributed by atoms with Gasteiger partial charge in [0, 0.05) is 11.8 Å². The molecule has 2 bridgehead atoms. The van der Waals surface area contributed by atoms with Crippen LogP contribution >= 0.6 is 0 Å². The maximum atomic E-state index is 13.2. The highest BCUT2D eigenvalue weighted by molar-refractivity contribution is 5.79. The number of ether oxygens (including phenoxy) is 2. The Morgan fingerprint density at radius 2 is 2.05 bits per heavy atom. The normalized spacial score (nSPS) is 42.2. The highest BCUT2D eigenvalue weighted by atomic mass is 19.4. The summed E-state index contributed by atoms with van der Waals surface area (Å²) >= 11 is 0. The van der Waals surface area contributed by atoms with Crippen LogP contribution in [0.1, 0.15) is 40.0 Å². The molecular formula is C15H19F3O4. The second-order valence-electron chi connectivity index (χ2n) is 7.05. The van der Waals surface area contributed by atoms with Crippen LogP contribution in [0.4, 0.5) is 13.2 Å². The van der Waals surface area contributed by atoms with Crippen LogP contribution in [0.15, 0.2) is 0 Å². The van der Waals surface area contributed by atoms with Gasteiger partial charge in [-0.15, -0.1) is 0 Å². The number of halogens is 3. The Hall–Kier alpha value is -1.27. The van der Waals surface area contributed by atoms with Gasteiger partial charge in [-0.25, -0.2) is 0 Å². The lowest BCUT2D eigenvalue weighted by Gasteiger charge is -2.39. The van der Waals surface area contributed by atoms with Crippen LogP contribution < -0.4 is 0 Å². The predicted octanol–water partition coefficient (Wildman–Crippen LogP) is 2.85. The molecule has 0 aromatic heterocycles. The van der Waals surface area contributed by atoms with Gasteiger partial charge in [-0.05, 0) is 33.1 Å². The van der Waals surface area contributed by atoms with Gasteiger partial charge in [0.05, 0.1) is 5.92 Å². The number of hydrogen-bond donors (Lipinski definition) is 0. The van der Waals surface area contributed by atoms with E-state index < -0.39 is 35.7 Å². The summed E-state index contributed by atoms with van der Waals surface area (Å²) in [6, 6.07) is 0. The second-order valence-corrected chi connectivity index (χ2v) is 7.05. The van der Waals surface area contributed by atoms with Gasteiger partial charge in [-0.2, -0.15) is 13.2 Å². The third-order valence-electron chi connectivity index (χ3n) is 6.02. The van der Waals surface area contributed by atoms with Crippen molar-refractivity contribution in [3.8, 4) is 0 Å². The number of rotatable bonds is 3. The Balaban J connectivity index is 1.84. The van der Waals surface area contributed by atoms with E-state index in [1.807, 2.05) is 0 Å². The Kier molecular flexibility index (Phi) is 3.11. The summed E-state index contributed by atoms with van der Waals surface area (Å²) in [6.45, 7) is 3.76. The standard InChI is InChI=1S/C15H19F3O4/c1-4-13(2,15(16,17)18)12(20)22-14(3)7-5-8-9(6-7)11(19)21-10(8)14/h7-10H,4-6H2,1-3H3. The minimum Gasteiger partial charge on any atom is -0.458 e. The molecule has 22 heavy (non-hydrogen) atoms. The number of carbonyl (C=O) groups is 2. The van der Waals surface area contributed by atoms with Crippen LogP contribution in [0, 0.1) is 23.2 Å². The van der Waals surface area contributed by atoms with Crippen molar-refractivity contribution in [2.24, 2.45) is 23.2 Å². The number of hydrogen-bond acceptors (Lipinski definition) is 4. The van der Waals surface area contributed by atoms with Gasteiger partial charge in [0.2, 0.25) is 0 Å². The molecule has 0 N–H and O–H groups in total. The van der Waals surface area contributed by atoms with E-state index in [-0.39, 0.29) is 23.7 Å². The fourth-order valence-electron chi connectivity index (χ4n) is 4.13. The number of carbonyl (C=O) groups excluding carboxylic acids is 2. The van der Waals surface area contributed by atoms with Gasteiger partial charge in [-0.1, -0.05) is 6.92 Å². The summed E-state index contributed by atoms with van der Waals surface area (Å²) in [5.74, 6) is -1.92. The second kappa shape index (κ2) is 4.38. The summed E-state index contributed by atoms with van der Waals surface area (Å²) in [4.78, 5) is 24.0. The van der Waals surface area contributed by atoms with Crippen molar-refractivity contribution >= 4 is 11.9 Å². The molecule has 7 heteroatoms. The van der Waals surface area contributed by atoms with Crippen LogP contribution in [-0.2, 0) is 19.1 Å². The fraction of sp³-hybridized carbons (Fsp3) is 0.867. The fourth-order valence-corrected chi connectivity index (χ4v) is 4.13. The lowest BCUT2D eigenvalue weighted by atomic mass is 9.79. The first kappa shape index (κ1) is 15.6. The number of esters is 2. The molecule has 0 aromatic carbocycles. The Bertz CT molecular complexity index is 531. The first-order valence-electron chi connectivity index (χ1n) is 7.55. The van der Waals surface area contributed by atoms with Crippen LogP contribution in [0.5, 0.6) is 0 Å². The van der Waals surface area contributed by atoms with Crippen molar-refractivity contribution in [1.82, 2.24) is 0 Å². The summed E-state index contributed by atoms with van der Waals surface area (Å²) in [7, 11) is 0. The van der Waals surface area contributed by atoms with E-state index in [4.69, 9.17) is 9.47 Å². The molecule has 6 atom stereocenters. The quantitative estimate of drug-likeness (QED) is 0.750. The van der Waals surface area contributed by atoms with Crippen molar-refractivity contribution < 1.29 is 32.2 Å². The zero-order chi connectivity index (χ0) is 16.5. The molecule has 3 rings (SSSR count). The first-order valence-corrected chi connectivity index (χ1v) is 7.55. The maximum Gasteiger partial charge on any atom is 0.404 e. The third-order valence-corrected chi connectivity index (χ3v) is 6.02. The highest BCUT2D eigenvalue weighted by Crippen LogP contribution is 2.61. The lowest BCUT2D eigenvalue weighted by Crippen LogP contribution is -2.52. The molecule has 0 aromatic rings. The first-order chi connectivity index (χ1) is 10.0. The molecular weight excluding hydrogens is 301 g/mol. The third kappa shape index (κ3) is 1.77. The van der Waals surface area contributed by atoms with Crippen molar-refractivity contribution in [2.75, 3.05) is 0 Å². The topological polar surface area (TPSA) is 52.6 Å². The van der Waals surface area contributed by atoms with E-state index in [0.717, 1.165) is 6.92 Å². The van der Waals surface area contributed by atoms with Gasteiger partial charge in [0.1, 0.15) is 11.7 Å². The smallest absolute Gasteiger partial charge is 0.404 e. The summed E-state index contributed by atoms with van der Waals surface area (Å²) < 4.78 is 50.3. The number of alkyl halides is 3. The SMILES string of the molecule is CCC(C)(C(=O)OC1(C)C2CC3C(=O)OC1C3C2)C(F)(F)F. The average molecular weight is 320 g/mol. The van der Waals surface area contributed by atoms with E-state index in [0.29, 0.717) is 12.8 Å². The van der Waals surface area contributed by atoms with E-state index in [2.05, 4.69) is 0 Å². The maximum absolute atomic E-state index is 13.2. The summed E-state index contributed by atoms with van der Waals surface area (Å²) in [5.41, 5.74) is -3.69. The molecule has 3 fully saturated rings. The minimum atomic E-state index is -4.68. The summed E-state index contributed by atoms with van der Waals surface area (Å²) in [6.07, 6.45) is -4.49. The van der Waals surface area contributed by atoms with Crippen molar-refractivity contribution in [2.45, 2.75) is 57.9 Å². The van der Waals surface area contributed by atoms with Gasteiger partial charge in [-0.3, -0.25) is 9.59 Å². The van der Waals surface area contributed by atoms with E-state index in [1.165, 1.54) is 6.92 Å². The molecule has 2 aliphatic carbocycles. The Morgan fingerprint density at radius 3 is 2.59 bits per heavy atom.